The highest BCUT2D eigenvalue weighted by Gasteiger charge is 2.32. The van der Waals surface area contributed by atoms with Crippen LogP contribution in [0, 0.1) is 0 Å². The van der Waals surface area contributed by atoms with Gasteiger partial charge in [-0.15, -0.1) is 10.2 Å². The van der Waals surface area contributed by atoms with Crippen LogP contribution in [-0.4, -0.2) is 54.8 Å². The van der Waals surface area contributed by atoms with Gasteiger partial charge in [-0.3, -0.25) is 0 Å². The molecule has 20 heavy (non-hydrogen) atoms. The van der Waals surface area contributed by atoms with Crippen molar-refractivity contribution in [3.8, 4) is 0 Å². The van der Waals surface area contributed by atoms with E-state index in [1.807, 2.05) is 7.05 Å². The van der Waals surface area contributed by atoms with E-state index in [1.165, 1.54) is 17.9 Å². The summed E-state index contributed by atoms with van der Waals surface area (Å²) in [6, 6.07) is 0.446. The third-order valence-corrected chi connectivity index (χ3v) is 6.91. The Morgan fingerprint density at radius 2 is 2.15 bits per heavy atom. The normalized spacial score (nSPS) is 24.8. The number of nitrogens with one attached hydrogen (secondary N) is 1. The largest absolute Gasteiger partial charge is 0.312 e. The molecule has 5 nitrogen and oxygen atoms in total. The van der Waals surface area contributed by atoms with E-state index in [1.54, 1.807) is 4.80 Å². The van der Waals surface area contributed by atoms with Crippen LogP contribution in [0.5, 0.6) is 0 Å². The molecule has 114 valence electrons. The van der Waals surface area contributed by atoms with Crippen LogP contribution in [0.2, 0.25) is 0 Å². The van der Waals surface area contributed by atoms with Gasteiger partial charge in [0, 0.05) is 34.5 Å². The molecule has 3 atom stereocenters. The summed E-state index contributed by atoms with van der Waals surface area (Å²) in [5.74, 6) is 3.39. The van der Waals surface area contributed by atoms with Crippen LogP contribution in [-0.2, 0) is 13.5 Å². The fraction of sp³-hybridized carbons (Fsp3) is 0.923. The highest BCUT2D eigenvalue weighted by Crippen LogP contribution is 2.35. The number of aromatic nitrogens is 4. The predicted molar refractivity (Wildman–Crippen MR) is 87.4 cm³/mol. The molecule has 2 rings (SSSR count). The van der Waals surface area contributed by atoms with Crippen LogP contribution in [0.15, 0.2) is 0 Å². The fourth-order valence-corrected chi connectivity index (χ4v) is 5.81. The van der Waals surface area contributed by atoms with Crippen LogP contribution in [0.4, 0.5) is 0 Å². The molecule has 0 bridgehead atoms. The summed E-state index contributed by atoms with van der Waals surface area (Å²) < 4.78 is 0. The van der Waals surface area contributed by atoms with Crippen molar-refractivity contribution in [1.29, 1.82) is 0 Å². The van der Waals surface area contributed by atoms with Crippen LogP contribution in [0.3, 0.4) is 0 Å². The summed E-state index contributed by atoms with van der Waals surface area (Å²) in [6.45, 7) is 5.57. The molecule has 1 saturated heterocycles. The van der Waals surface area contributed by atoms with Crippen molar-refractivity contribution < 1.29 is 0 Å². The number of aryl methyl sites for hydroxylation is 1. The minimum atomic E-state index is 0.446. The Hall–Kier alpha value is -0.270. The molecule has 1 aromatic rings. The highest BCUT2D eigenvalue weighted by molar-refractivity contribution is 8.07. The average molecular weight is 316 g/mol. The SMILES string of the molecule is CCCNC(Cc1nnn(C)n1)C1SCCSC1CC. The maximum Gasteiger partial charge on any atom is 0.176 e. The van der Waals surface area contributed by atoms with Crippen molar-refractivity contribution in [3.05, 3.63) is 5.82 Å². The second-order valence-electron chi connectivity index (χ2n) is 5.11. The summed E-state index contributed by atoms with van der Waals surface area (Å²) in [5, 5.41) is 17.5. The van der Waals surface area contributed by atoms with Crippen molar-refractivity contribution in [3.63, 3.8) is 0 Å². The minimum Gasteiger partial charge on any atom is -0.312 e. The van der Waals surface area contributed by atoms with Gasteiger partial charge in [-0.05, 0) is 24.6 Å². The molecule has 0 spiro atoms. The number of hydrogen-bond acceptors (Lipinski definition) is 6. The molecule has 7 heteroatoms. The van der Waals surface area contributed by atoms with Gasteiger partial charge in [-0.25, -0.2) is 0 Å². The van der Waals surface area contributed by atoms with Crippen LogP contribution in [0.1, 0.15) is 32.5 Å². The summed E-state index contributed by atoms with van der Waals surface area (Å²) in [4.78, 5) is 1.55. The topological polar surface area (TPSA) is 55.6 Å². The van der Waals surface area contributed by atoms with Gasteiger partial charge in [0.25, 0.3) is 0 Å². The number of rotatable bonds is 7. The lowest BCUT2D eigenvalue weighted by molar-refractivity contribution is 0.468. The van der Waals surface area contributed by atoms with Crippen LogP contribution >= 0.6 is 23.5 Å². The lowest BCUT2D eigenvalue weighted by atomic mass is 10.0. The van der Waals surface area contributed by atoms with Gasteiger partial charge in [-0.1, -0.05) is 13.8 Å². The first kappa shape index (κ1) is 16.1. The zero-order valence-corrected chi connectivity index (χ0v) is 14.2. The van der Waals surface area contributed by atoms with Crippen molar-refractivity contribution in [2.24, 2.45) is 7.05 Å². The van der Waals surface area contributed by atoms with E-state index in [0.717, 1.165) is 30.5 Å². The Morgan fingerprint density at radius 1 is 1.35 bits per heavy atom. The lowest BCUT2D eigenvalue weighted by Gasteiger charge is -2.36. The lowest BCUT2D eigenvalue weighted by Crippen LogP contribution is -2.46. The van der Waals surface area contributed by atoms with Gasteiger partial charge in [0.15, 0.2) is 5.82 Å². The summed E-state index contributed by atoms with van der Waals surface area (Å²) >= 11 is 4.24. The zero-order valence-electron chi connectivity index (χ0n) is 12.6. The van der Waals surface area contributed by atoms with E-state index in [4.69, 9.17) is 0 Å². The molecule has 1 N–H and O–H groups in total. The second kappa shape index (κ2) is 8.24. The molecule has 1 fully saturated rings. The van der Waals surface area contributed by atoms with Crippen molar-refractivity contribution >= 4 is 23.5 Å². The van der Waals surface area contributed by atoms with E-state index in [0.29, 0.717) is 11.3 Å². The average Bonchev–Trinajstić information content (AvgIpc) is 2.88. The van der Waals surface area contributed by atoms with E-state index < -0.39 is 0 Å². The number of hydrogen-bond donors (Lipinski definition) is 1. The first-order valence-electron chi connectivity index (χ1n) is 7.44. The van der Waals surface area contributed by atoms with Gasteiger partial charge in [0.05, 0.1) is 7.05 Å². The van der Waals surface area contributed by atoms with E-state index in [9.17, 15) is 0 Å². The molecular formula is C13H25N5S2. The maximum atomic E-state index is 4.34. The molecular weight excluding hydrogens is 290 g/mol. The quantitative estimate of drug-likeness (QED) is 0.827. The molecule has 1 aliphatic rings. The Morgan fingerprint density at radius 3 is 2.80 bits per heavy atom. The Bertz CT molecular complexity index is 398. The molecule has 1 aliphatic heterocycles. The summed E-state index contributed by atoms with van der Waals surface area (Å²) in [7, 11) is 1.82. The van der Waals surface area contributed by atoms with E-state index in [-0.39, 0.29) is 0 Å². The van der Waals surface area contributed by atoms with Gasteiger partial charge in [0.1, 0.15) is 0 Å². The molecule has 0 aromatic carbocycles. The Balaban J connectivity index is 2.04. The second-order valence-corrected chi connectivity index (χ2v) is 7.75. The van der Waals surface area contributed by atoms with Crippen molar-refractivity contribution in [2.45, 2.75) is 49.7 Å². The van der Waals surface area contributed by atoms with Gasteiger partial charge >= 0.3 is 0 Å². The fourth-order valence-electron chi connectivity index (χ4n) is 2.55. The first-order chi connectivity index (χ1) is 9.74. The van der Waals surface area contributed by atoms with Crippen molar-refractivity contribution in [1.82, 2.24) is 25.5 Å². The molecule has 0 saturated carbocycles. The number of nitrogens with zero attached hydrogens (tertiary/aromatic N) is 4. The maximum absolute atomic E-state index is 4.34. The summed E-state index contributed by atoms with van der Waals surface area (Å²) in [5.41, 5.74) is 0. The molecule has 1 aromatic heterocycles. The third-order valence-electron chi connectivity index (χ3n) is 3.50. The van der Waals surface area contributed by atoms with Gasteiger partial charge in [0.2, 0.25) is 0 Å². The number of tetrazole rings is 1. The molecule has 2 heterocycles. The predicted octanol–water partition coefficient (Wildman–Crippen LogP) is 1.75. The first-order valence-corrected chi connectivity index (χ1v) is 9.53. The van der Waals surface area contributed by atoms with Gasteiger partial charge < -0.3 is 5.32 Å². The summed E-state index contributed by atoms with van der Waals surface area (Å²) in [6.07, 6.45) is 3.27. The smallest absolute Gasteiger partial charge is 0.176 e. The molecule has 0 amide bonds. The van der Waals surface area contributed by atoms with E-state index in [2.05, 4.69) is 58.1 Å². The molecule has 0 aliphatic carbocycles. The third kappa shape index (κ3) is 4.36. The van der Waals surface area contributed by atoms with Crippen LogP contribution in [0.25, 0.3) is 0 Å². The van der Waals surface area contributed by atoms with E-state index >= 15 is 0 Å². The highest BCUT2D eigenvalue weighted by atomic mass is 32.2. The Labute approximate surface area is 130 Å². The van der Waals surface area contributed by atoms with Crippen molar-refractivity contribution in [2.75, 3.05) is 18.1 Å². The Kier molecular flexibility index (Phi) is 6.64. The molecule has 3 unspecified atom stereocenters. The van der Waals surface area contributed by atoms with Crippen LogP contribution < -0.4 is 5.32 Å². The molecule has 0 radical (unpaired) electrons. The zero-order chi connectivity index (χ0) is 14.4. The monoisotopic (exact) mass is 315 g/mol. The standard InChI is InChI=1S/C13H25N5S2/c1-4-6-14-10(9-12-15-17-18(3)16-12)13-11(5-2)19-7-8-20-13/h10-11,13-14H,4-9H2,1-3H3. The van der Waals surface area contributed by atoms with Gasteiger partial charge in [-0.2, -0.15) is 28.3 Å². The minimum absolute atomic E-state index is 0.446. The number of thioether (sulfide) groups is 2.